The summed E-state index contributed by atoms with van der Waals surface area (Å²) in [5, 5.41) is 49.3. The number of aromatic nitrogens is 1. The van der Waals surface area contributed by atoms with Gasteiger partial charge in [-0.3, -0.25) is 4.98 Å². The zero-order chi connectivity index (χ0) is 21.4. The number of rotatable bonds is 3. The van der Waals surface area contributed by atoms with Crippen molar-refractivity contribution in [1.29, 1.82) is 0 Å². The third kappa shape index (κ3) is 3.48. The Hall–Kier alpha value is -4.14. The molecule has 0 unspecified atom stereocenters. The Morgan fingerprint density at radius 3 is 2.30 bits per heavy atom. The maximum atomic E-state index is 12.6. The summed E-state index contributed by atoms with van der Waals surface area (Å²) in [5.41, 5.74) is 0.786. The number of hydrogen-bond acceptors (Lipinski definition) is 9. The highest BCUT2D eigenvalue weighted by atomic mass is 16.6. The number of pyridine rings is 1. The number of fused-ring (bicyclic) bond motifs is 1. The number of carbonyl (C=O) groups excluding carboxylic acids is 1. The van der Waals surface area contributed by atoms with E-state index in [1.165, 1.54) is 42.7 Å². The molecule has 5 N–H and O–H groups in total. The zero-order valence-corrected chi connectivity index (χ0v) is 15.4. The van der Waals surface area contributed by atoms with Crippen LogP contribution in [0.25, 0.3) is 0 Å². The first kappa shape index (κ1) is 19.2. The molecule has 0 spiro atoms. The van der Waals surface area contributed by atoms with Crippen molar-refractivity contribution in [3.05, 3.63) is 65.5 Å². The largest absolute Gasteiger partial charge is 0.508 e. The molecule has 2 atom stereocenters. The number of esters is 1. The Morgan fingerprint density at radius 1 is 0.967 bits per heavy atom. The van der Waals surface area contributed by atoms with Gasteiger partial charge in [-0.05, 0) is 24.3 Å². The second kappa shape index (κ2) is 7.36. The molecule has 0 aliphatic carbocycles. The standard InChI is InChI=1S/C21H17NO8/c23-12-7-14(24)13-9-18(30-21(28)10-1-3-22-4-2-10)20(29-17(13)8-12)11-5-15(25)19(27)16(26)6-11/h1-8,18,20,23-27H,9H2/t18-,20+/m0/s1. The smallest absolute Gasteiger partial charge is 0.338 e. The summed E-state index contributed by atoms with van der Waals surface area (Å²) in [7, 11) is 0. The molecule has 0 radical (unpaired) electrons. The second-order valence-electron chi connectivity index (χ2n) is 6.77. The number of benzene rings is 2. The molecule has 1 aromatic heterocycles. The van der Waals surface area contributed by atoms with Crippen LogP contribution in [0.1, 0.15) is 27.6 Å². The minimum atomic E-state index is -1.01. The van der Waals surface area contributed by atoms with E-state index in [9.17, 15) is 30.3 Å². The number of phenolic OH excluding ortho intramolecular Hbond substituents is 5. The summed E-state index contributed by atoms with van der Waals surface area (Å²) >= 11 is 0. The van der Waals surface area contributed by atoms with Crippen LogP contribution >= 0.6 is 0 Å². The van der Waals surface area contributed by atoms with E-state index in [2.05, 4.69) is 4.98 Å². The molecule has 3 aromatic rings. The van der Waals surface area contributed by atoms with Crippen LogP contribution in [-0.2, 0) is 11.2 Å². The predicted octanol–water partition coefficient (Wildman–Crippen LogP) is 2.51. The van der Waals surface area contributed by atoms with Gasteiger partial charge in [0.05, 0.1) is 5.56 Å². The molecule has 30 heavy (non-hydrogen) atoms. The molecule has 1 aliphatic heterocycles. The molecule has 0 fully saturated rings. The first-order valence-electron chi connectivity index (χ1n) is 8.91. The van der Waals surface area contributed by atoms with E-state index >= 15 is 0 Å². The lowest BCUT2D eigenvalue weighted by Crippen LogP contribution is -2.34. The molecule has 4 rings (SSSR count). The van der Waals surface area contributed by atoms with E-state index in [0.29, 0.717) is 5.56 Å². The summed E-state index contributed by atoms with van der Waals surface area (Å²) in [6.45, 7) is 0. The number of hydrogen-bond donors (Lipinski definition) is 5. The van der Waals surface area contributed by atoms with Crippen LogP contribution in [0.4, 0.5) is 0 Å². The molecule has 154 valence electrons. The Labute approximate surface area is 170 Å². The number of aromatic hydroxyl groups is 5. The first-order chi connectivity index (χ1) is 14.3. The molecular weight excluding hydrogens is 394 g/mol. The minimum Gasteiger partial charge on any atom is -0.508 e. The van der Waals surface area contributed by atoms with Gasteiger partial charge in [0, 0.05) is 42.1 Å². The van der Waals surface area contributed by atoms with Crippen molar-refractivity contribution < 1.29 is 39.8 Å². The number of phenols is 5. The molecule has 0 saturated heterocycles. The van der Waals surface area contributed by atoms with Crippen LogP contribution in [0, 0.1) is 0 Å². The summed E-state index contributed by atoms with van der Waals surface area (Å²) < 4.78 is 11.5. The van der Waals surface area contributed by atoms with Crippen LogP contribution in [0.5, 0.6) is 34.5 Å². The molecule has 0 saturated carbocycles. The van der Waals surface area contributed by atoms with Gasteiger partial charge in [-0.25, -0.2) is 4.79 Å². The Balaban J connectivity index is 1.75. The van der Waals surface area contributed by atoms with Gasteiger partial charge in [0.25, 0.3) is 0 Å². The van der Waals surface area contributed by atoms with Crippen molar-refractivity contribution in [3.8, 4) is 34.5 Å². The molecular formula is C21H17NO8. The summed E-state index contributed by atoms with van der Waals surface area (Å²) in [4.78, 5) is 16.4. The lowest BCUT2D eigenvalue weighted by atomic mass is 9.93. The highest BCUT2D eigenvalue weighted by molar-refractivity contribution is 5.89. The monoisotopic (exact) mass is 411 g/mol. The van der Waals surface area contributed by atoms with Crippen LogP contribution in [0.2, 0.25) is 0 Å². The Morgan fingerprint density at radius 2 is 1.63 bits per heavy atom. The van der Waals surface area contributed by atoms with Crippen LogP contribution in [-0.4, -0.2) is 42.6 Å². The van der Waals surface area contributed by atoms with Gasteiger partial charge in [-0.1, -0.05) is 0 Å². The molecule has 9 nitrogen and oxygen atoms in total. The van der Waals surface area contributed by atoms with Gasteiger partial charge < -0.3 is 35.0 Å². The Bertz CT molecular complexity index is 1090. The fourth-order valence-electron chi connectivity index (χ4n) is 3.32. The molecule has 9 heteroatoms. The molecule has 0 amide bonds. The number of ether oxygens (including phenoxy) is 2. The van der Waals surface area contributed by atoms with Gasteiger partial charge >= 0.3 is 5.97 Å². The topological polar surface area (TPSA) is 150 Å². The molecule has 1 aliphatic rings. The van der Waals surface area contributed by atoms with Crippen LogP contribution in [0.15, 0.2) is 48.8 Å². The average Bonchev–Trinajstić information content (AvgIpc) is 2.72. The van der Waals surface area contributed by atoms with Crippen molar-refractivity contribution in [3.63, 3.8) is 0 Å². The summed E-state index contributed by atoms with van der Waals surface area (Å²) in [6, 6.07) is 7.72. The van der Waals surface area contributed by atoms with Crippen LogP contribution in [0.3, 0.4) is 0 Å². The van der Waals surface area contributed by atoms with Gasteiger partial charge in [0.15, 0.2) is 23.4 Å². The van der Waals surface area contributed by atoms with Crippen molar-refractivity contribution in [1.82, 2.24) is 4.98 Å². The average molecular weight is 411 g/mol. The fraction of sp³-hybridized carbons (Fsp3) is 0.143. The van der Waals surface area contributed by atoms with E-state index in [1.807, 2.05) is 0 Å². The van der Waals surface area contributed by atoms with E-state index in [1.54, 1.807) is 0 Å². The highest BCUT2D eigenvalue weighted by Gasteiger charge is 2.37. The Kier molecular flexibility index (Phi) is 4.71. The lowest BCUT2D eigenvalue weighted by molar-refractivity contribution is -0.0189. The fourth-order valence-corrected chi connectivity index (χ4v) is 3.32. The minimum absolute atomic E-state index is 0.0331. The molecule has 2 heterocycles. The van der Waals surface area contributed by atoms with Gasteiger partial charge in [0.2, 0.25) is 0 Å². The van der Waals surface area contributed by atoms with E-state index in [0.717, 1.165) is 6.07 Å². The summed E-state index contributed by atoms with van der Waals surface area (Å²) in [5.74, 6) is -2.84. The zero-order valence-electron chi connectivity index (χ0n) is 15.4. The third-order valence-corrected chi connectivity index (χ3v) is 4.76. The van der Waals surface area contributed by atoms with Crippen molar-refractivity contribution in [2.75, 3.05) is 0 Å². The maximum Gasteiger partial charge on any atom is 0.338 e. The quantitative estimate of drug-likeness (QED) is 0.324. The summed E-state index contributed by atoms with van der Waals surface area (Å²) in [6.07, 6.45) is 0.932. The van der Waals surface area contributed by atoms with Gasteiger partial charge in [0.1, 0.15) is 23.4 Å². The lowest BCUT2D eigenvalue weighted by Gasteiger charge is -2.34. The molecule has 2 aromatic carbocycles. The normalized spacial score (nSPS) is 17.6. The van der Waals surface area contributed by atoms with Gasteiger partial charge in [-0.15, -0.1) is 0 Å². The first-order valence-corrected chi connectivity index (χ1v) is 8.91. The number of nitrogens with zero attached hydrogens (tertiary/aromatic N) is 1. The van der Waals surface area contributed by atoms with Crippen molar-refractivity contribution >= 4 is 5.97 Å². The third-order valence-electron chi connectivity index (χ3n) is 4.76. The van der Waals surface area contributed by atoms with Crippen LogP contribution < -0.4 is 4.74 Å². The van der Waals surface area contributed by atoms with Crippen molar-refractivity contribution in [2.45, 2.75) is 18.6 Å². The number of carbonyl (C=O) groups is 1. The van der Waals surface area contributed by atoms with E-state index in [-0.39, 0.29) is 34.8 Å². The van der Waals surface area contributed by atoms with E-state index < -0.39 is 35.4 Å². The van der Waals surface area contributed by atoms with Crippen molar-refractivity contribution in [2.24, 2.45) is 0 Å². The predicted molar refractivity (Wildman–Crippen MR) is 102 cm³/mol. The highest BCUT2D eigenvalue weighted by Crippen LogP contribution is 2.45. The maximum absolute atomic E-state index is 12.6. The second-order valence-corrected chi connectivity index (χ2v) is 6.77. The van der Waals surface area contributed by atoms with Gasteiger partial charge in [-0.2, -0.15) is 0 Å². The molecule has 0 bridgehead atoms. The SMILES string of the molecule is O=C(O[C@H]1Cc2c(O)cc(O)cc2O[C@@H]1c1cc(O)c(O)c(O)c1)c1ccncc1. The van der Waals surface area contributed by atoms with E-state index in [4.69, 9.17) is 9.47 Å².